The number of hydrogen-bond donors (Lipinski definition) is 1. The summed E-state index contributed by atoms with van der Waals surface area (Å²) in [6.07, 6.45) is 5.77. The summed E-state index contributed by atoms with van der Waals surface area (Å²) in [7, 11) is 0. The summed E-state index contributed by atoms with van der Waals surface area (Å²) in [6, 6.07) is 3.96. The molecule has 0 saturated heterocycles. The van der Waals surface area contributed by atoms with Crippen LogP contribution in [0.2, 0.25) is 0 Å². The van der Waals surface area contributed by atoms with Crippen molar-refractivity contribution in [3.05, 3.63) is 18.5 Å². The molecule has 0 aliphatic heterocycles. The van der Waals surface area contributed by atoms with Gasteiger partial charge >= 0.3 is 0 Å². The molecule has 0 aromatic carbocycles. The Kier molecular flexibility index (Phi) is 5.23. The van der Waals surface area contributed by atoms with Gasteiger partial charge in [-0.05, 0) is 25.3 Å². The number of nitrogens with two attached hydrogens (primary N) is 1. The quantitative estimate of drug-likeness (QED) is 0.464. The Morgan fingerprint density at radius 3 is 2.75 bits per heavy atom. The molecule has 0 fully saturated rings. The largest absolute Gasteiger partial charge is 0.313 e. The highest BCUT2D eigenvalue weighted by Gasteiger charge is 2.20. The zero-order chi connectivity index (χ0) is 11.9. The third-order valence-electron chi connectivity index (χ3n) is 2.39. The minimum Gasteiger partial charge on any atom is -0.313 e. The molecular weight excluding hydrogens is 220 g/mol. The third kappa shape index (κ3) is 4.17. The molecule has 1 aromatic rings. The fraction of sp³-hybridized carbons (Fsp3) is 0.545. The molecule has 1 unspecified atom stereocenters. The first-order valence-corrected chi connectivity index (χ1v) is 6.29. The van der Waals surface area contributed by atoms with Crippen molar-refractivity contribution >= 4 is 11.8 Å². The minimum absolute atomic E-state index is 0.669. The minimum atomic E-state index is -0.669. The number of aromatic nitrogens is 2. The predicted octanol–water partition coefficient (Wildman–Crippen LogP) is 1.98. The van der Waals surface area contributed by atoms with Crippen molar-refractivity contribution in [2.75, 3.05) is 5.75 Å². The highest BCUT2D eigenvalue weighted by Crippen LogP contribution is 2.18. The van der Waals surface area contributed by atoms with Gasteiger partial charge in [0.2, 0.25) is 0 Å². The monoisotopic (exact) mass is 236 g/mol. The highest BCUT2D eigenvalue weighted by atomic mass is 32.2. The SMILES string of the molecule is CCC(N)(C#N)CCCSc1ncccn1. The molecule has 0 saturated carbocycles. The van der Waals surface area contributed by atoms with Crippen LogP contribution in [0.4, 0.5) is 0 Å². The Morgan fingerprint density at radius 2 is 2.19 bits per heavy atom. The molecule has 1 rings (SSSR count). The van der Waals surface area contributed by atoms with E-state index in [4.69, 9.17) is 11.0 Å². The fourth-order valence-corrected chi connectivity index (χ4v) is 1.96. The summed E-state index contributed by atoms with van der Waals surface area (Å²) in [4.78, 5) is 8.22. The van der Waals surface area contributed by atoms with Crippen LogP contribution in [0, 0.1) is 11.3 Å². The number of nitrogens with zero attached hydrogens (tertiary/aromatic N) is 3. The van der Waals surface area contributed by atoms with E-state index in [0.29, 0.717) is 6.42 Å². The average molecular weight is 236 g/mol. The summed E-state index contributed by atoms with van der Waals surface area (Å²) in [5.74, 6) is 0.893. The van der Waals surface area contributed by atoms with Crippen molar-refractivity contribution < 1.29 is 0 Å². The summed E-state index contributed by atoms with van der Waals surface area (Å²) >= 11 is 1.59. The Morgan fingerprint density at radius 1 is 1.50 bits per heavy atom. The van der Waals surface area contributed by atoms with E-state index in [9.17, 15) is 0 Å². The molecule has 0 spiro atoms. The van der Waals surface area contributed by atoms with Gasteiger partial charge in [0, 0.05) is 18.1 Å². The molecule has 0 aliphatic rings. The lowest BCUT2D eigenvalue weighted by molar-refractivity contribution is 0.478. The summed E-state index contributed by atoms with van der Waals surface area (Å²) < 4.78 is 0. The van der Waals surface area contributed by atoms with Crippen LogP contribution in [0.5, 0.6) is 0 Å². The second-order valence-corrected chi connectivity index (χ2v) is 4.67. The van der Waals surface area contributed by atoms with Crippen LogP contribution < -0.4 is 5.73 Å². The van der Waals surface area contributed by atoms with Gasteiger partial charge in [0.15, 0.2) is 5.16 Å². The van der Waals surface area contributed by atoms with Crippen molar-refractivity contribution in [2.24, 2.45) is 5.73 Å². The molecular formula is C11H16N4S. The van der Waals surface area contributed by atoms with Crippen LogP contribution >= 0.6 is 11.8 Å². The van der Waals surface area contributed by atoms with Gasteiger partial charge in [0.25, 0.3) is 0 Å². The second-order valence-electron chi connectivity index (χ2n) is 3.60. The third-order valence-corrected chi connectivity index (χ3v) is 3.36. The number of hydrogen-bond acceptors (Lipinski definition) is 5. The topological polar surface area (TPSA) is 75.6 Å². The first kappa shape index (κ1) is 12.9. The summed E-state index contributed by atoms with van der Waals surface area (Å²) in [5.41, 5.74) is 5.21. The summed E-state index contributed by atoms with van der Waals surface area (Å²) in [5, 5.41) is 9.67. The molecule has 1 atom stereocenters. The highest BCUT2D eigenvalue weighted by molar-refractivity contribution is 7.99. The Labute approximate surface area is 100 Å². The molecule has 0 aliphatic carbocycles. The van der Waals surface area contributed by atoms with Crippen molar-refractivity contribution in [2.45, 2.75) is 36.9 Å². The van der Waals surface area contributed by atoms with E-state index in [2.05, 4.69) is 16.0 Å². The molecule has 0 radical (unpaired) electrons. The smallest absolute Gasteiger partial charge is 0.187 e. The van der Waals surface area contributed by atoms with E-state index >= 15 is 0 Å². The molecule has 5 heteroatoms. The summed E-state index contributed by atoms with van der Waals surface area (Å²) in [6.45, 7) is 1.94. The molecule has 1 heterocycles. The van der Waals surface area contributed by atoms with Gasteiger partial charge in [-0.3, -0.25) is 0 Å². The molecule has 2 N–H and O–H groups in total. The maximum atomic E-state index is 8.90. The molecule has 0 bridgehead atoms. The van der Waals surface area contributed by atoms with Gasteiger partial charge in [0.1, 0.15) is 5.54 Å². The lowest BCUT2D eigenvalue weighted by Gasteiger charge is -2.18. The van der Waals surface area contributed by atoms with Crippen LogP contribution in [-0.4, -0.2) is 21.3 Å². The normalized spacial score (nSPS) is 14.1. The van der Waals surface area contributed by atoms with Crippen LogP contribution in [0.1, 0.15) is 26.2 Å². The Balaban J connectivity index is 2.25. The molecule has 16 heavy (non-hydrogen) atoms. The lowest BCUT2D eigenvalue weighted by Crippen LogP contribution is -2.37. The maximum Gasteiger partial charge on any atom is 0.187 e. The van der Waals surface area contributed by atoms with Gasteiger partial charge < -0.3 is 5.73 Å². The van der Waals surface area contributed by atoms with Crippen LogP contribution in [-0.2, 0) is 0 Å². The van der Waals surface area contributed by atoms with E-state index in [1.807, 2.05) is 6.92 Å². The molecule has 0 amide bonds. The predicted molar refractivity (Wildman–Crippen MR) is 64.8 cm³/mol. The van der Waals surface area contributed by atoms with E-state index in [1.165, 1.54) is 0 Å². The van der Waals surface area contributed by atoms with Crippen molar-refractivity contribution in [3.63, 3.8) is 0 Å². The number of rotatable bonds is 6. The number of nitriles is 1. The van der Waals surface area contributed by atoms with Crippen molar-refractivity contribution in [1.29, 1.82) is 5.26 Å². The zero-order valence-corrected chi connectivity index (χ0v) is 10.2. The van der Waals surface area contributed by atoms with Crippen LogP contribution in [0.15, 0.2) is 23.6 Å². The van der Waals surface area contributed by atoms with E-state index < -0.39 is 5.54 Å². The fourth-order valence-electron chi connectivity index (χ4n) is 1.22. The van der Waals surface area contributed by atoms with E-state index in [1.54, 1.807) is 30.2 Å². The van der Waals surface area contributed by atoms with Gasteiger partial charge in [-0.25, -0.2) is 9.97 Å². The first-order chi connectivity index (χ1) is 7.70. The first-order valence-electron chi connectivity index (χ1n) is 5.30. The number of thioether (sulfide) groups is 1. The standard InChI is InChI=1S/C11H16N4S/c1-2-11(13,9-12)5-3-8-16-10-14-6-4-7-15-10/h4,6-7H,2-3,5,8,13H2,1H3. The van der Waals surface area contributed by atoms with Gasteiger partial charge in [-0.2, -0.15) is 5.26 Å². The van der Waals surface area contributed by atoms with E-state index in [0.717, 1.165) is 23.8 Å². The Hall–Kier alpha value is -1.12. The van der Waals surface area contributed by atoms with Gasteiger partial charge in [-0.15, -0.1) is 0 Å². The molecule has 86 valence electrons. The van der Waals surface area contributed by atoms with Gasteiger partial charge in [0.05, 0.1) is 6.07 Å². The van der Waals surface area contributed by atoms with E-state index in [-0.39, 0.29) is 0 Å². The average Bonchev–Trinajstić information content (AvgIpc) is 2.36. The zero-order valence-electron chi connectivity index (χ0n) is 9.39. The van der Waals surface area contributed by atoms with Crippen molar-refractivity contribution in [1.82, 2.24) is 9.97 Å². The van der Waals surface area contributed by atoms with Crippen LogP contribution in [0.25, 0.3) is 0 Å². The van der Waals surface area contributed by atoms with Gasteiger partial charge in [-0.1, -0.05) is 18.7 Å². The Bertz CT molecular complexity index is 349. The van der Waals surface area contributed by atoms with Crippen LogP contribution in [0.3, 0.4) is 0 Å². The maximum absolute atomic E-state index is 8.90. The molecule has 1 aromatic heterocycles. The molecule has 4 nitrogen and oxygen atoms in total. The second kappa shape index (κ2) is 6.46. The van der Waals surface area contributed by atoms with Crippen molar-refractivity contribution in [3.8, 4) is 6.07 Å². The lowest BCUT2D eigenvalue weighted by atomic mass is 9.94.